The number of amides is 2. The second-order valence-corrected chi connectivity index (χ2v) is 6.64. The summed E-state index contributed by atoms with van der Waals surface area (Å²) in [7, 11) is 0. The van der Waals surface area contributed by atoms with Gasteiger partial charge in [-0.1, -0.05) is 44.2 Å². The normalized spacial score (nSPS) is 23.1. The summed E-state index contributed by atoms with van der Waals surface area (Å²) in [6.45, 7) is 7.07. The zero-order valence-electron chi connectivity index (χ0n) is 13.8. The van der Waals surface area contributed by atoms with E-state index in [2.05, 4.69) is 43.5 Å². The molecular formula is C18H28N2O2. The van der Waals surface area contributed by atoms with Gasteiger partial charge in [0, 0.05) is 18.7 Å². The van der Waals surface area contributed by atoms with Crippen LogP contribution in [0.15, 0.2) is 30.3 Å². The summed E-state index contributed by atoms with van der Waals surface area (Å²) in [6, 6.07) is 10.5. The van der Waals surface area contributed by atoms with Crippen molar-refractivity contribution in [1.29, 1.82) is 0 Å². The Kier molecular flexibility index (Phi) is 6.25. The van der Waals surface area contributed by atoms with E-state index >= 15 is 0 Å². The molecule has 1 aliphatic rings. The van der Waals surface area contributed by atoms with E-state index in [-0.39, 0.29) is 24.2 Å². The molecule has 0 unspecified atom stereocenters. The van der Waals surface area contributed by atoms with E-state index in [1.54, 1.807) is 0 Å². The molecule has 0 radical (unpaired) electrons. The first kappa shape index (κ1) is 16.8. The summed E-state index contributed by atoms with van der Waals surface area (Å²) in [4.78, 5) is 12.1. The fraction of sp³-hybridized carbons (Fsp3) is 0.611. The first-order chi connectivity index (χ1) is 10.5. The predicted molar refractivity (Wildman–Crippen MR) is 88.7 cm³/mol. The highest BCUT2D eigenvalue weighted by molar-refractivity contribution is 5.74. The number of urea groups is 1. The molecular weight excluding hydrogens is 276 g/mol. The molecule has 4 nitrogen and oxygen atoms in total. The van der Waals surface area contributed by atoms with Crippen molar-refractivity contribution in [2.75, 3.05) is 6.61 Å². The van der Waals surface area contributed by atoms with Crippen LogP contribution >= 0.6 is 0 Å². The predicted octanol–water partition coefficient (Wildman–Crippen LogP) is 3.64. The van der Waals surface area contributed by atoms with Crippen molar-refractivity contribution in [1.82, 2.24) is 10.6 Å². The van der Waals surface area contributed by atoms with Crippen LogP contribution in [0.2, 0.25) is 0 Å². The minimum atomic E-state index is -0.0631. The van der Waals surface area contributed by atoms with Crippen molar-refractivity contribution in [3.05, 3.63) is 35.9 Å². The fourth-order valence-electron chi connectivity index (χ4n) is 3.04. The lowest BCUT2D eigenvalue weighted by molar-refractivity contribution is 0.00221. The molecule has 1 heterocycles. The Labute approximate surface area is 133 Å². The summed E-state index contributed by atoms with van der Waals surface area (Å²) in [6.07, 6.45) is 2.77. The molecule has 22 heavy (non-hydrogen) atoms. The quantitative estimate of drug-likeness (QED) is 0.872. The molecule has 2 N–H and O–H groups in total. The SMILES string of the molecule is CC(C)C[C@H](C)NC(=O)N[C@H]1CCO[C@@H](c2ccccc2)C1. The lowest BCUT2D eigenvalue weighted by atomic mass is 9.97. The monoisotopic (exact) mass is 304 g/mol. The van der Waals surface area contributed by atoms with Crippen molar-refractivity contribution in [2.45, 2.75) is 58.2 Å². The maximum absolute atomic E-state index is 12.1. The van der Waals surface area contributed by atoms with Gasteiger partial charge in [-0.15, -0.1) is 0 Å². The molecule has 1 fully saturated rings. The maximum Gasteiger partial charge on any atom is 0.315 e. The highest BCUT2D eigenvalue weighted by Gasteiger charge is 2.25. The average Bonchev–Trinajstić information content (AvgIpc) is 2.47. The minimum absolute atomic E-state index is 0.0631. The van der Waals surface area contributed by atoms with E-state index in [4.69, 9.17) is 4.74 Å². The zero-order chi connectivity index (χ0) is 15.9. The third-order valence-corrected chi connectivity index (χ3v) is 3.99. The third kappa shape index (κ3) is 5.34. The molecule has 2 amide bonds. The van der Waals surface area contributed by atoms with Crippen LogP contribution in [0.3, 0.4) is 0 Å². The van der Waals surface area contributed by atoms with Crippen molar-refractivity contribution in [2.24, 2.45) is 5.92 Å². The van der Waals surface area contributed by atoms with Gasteiger partial charge in [-0.2, -0.15) is 0 Å². The van der Waals surface area contributed by atoms with Crippen LogP contribution in [0.4, 0.5) is 4.79 Å². The summed E-state index contributed by atoms with van der Waals surface area (Å²) < 4.78 is 5.84. The van der Waals surface area contributed by atoms with Gasteiger partial charge in [0.15, 0.2) is 0 Å². The minimum Gasteiger partial charge on any atom is -0.373 e. The Morgan fingerprint density at radius 1 is 1.27 bits per heavy atom. The average molecular weight is 304 g/mol. The van der Waals surface area contributed by atoms with Crippen molar-refractivity contribution >= 4 is 6.03 Å². The largest absolute Gasteiger partial charge is 0.373 e. The van der Waals surface area contributed by atoms with Crippen LogP contribution < -0.4 is 10.6 Å². The van der Waals surface area contributed by atoms with Gasteiger partial charge in [0.05, 0.1) is 6.10 Å². The van der Waals surface area contributed by atoms with Gasteiger partial charge in [0.1, 0.15) is 0 Å². The molecule has 0 aliphatic carbocycles. The summed E-state index contributed by atoms with van der Waals surface area (Å²) in [5, 5.41) is 6.11. The van der Waals surface area contributed by atoms with Crippen LogP contribution in [0.5, 0.6) is 0 Å². The van der Waals surface area contributed by atoms with Gasteiger partial charge in [-0.05, 0) is 37.7 Å². The van der Waals surface area contributed by atoms with Gasteiger partial charge >= 0.3 is 6.03 Å². The third-order valence-electron chi connectivity index (χ3n) is 3.99. The highest BCUT2D eigenvalue weighted by Crippen LogP contribution is 2.27. The molecule has 0 aromatic heterocycles. The lowest BCUT2D eigenvalue weighted by Crippen LogP contribution is -2.47. The first-order valence-electron chi connectivity index (χ1n) is 8.28. The Hall–Kier alpha value is -1.55. The molecule has 3 atom stereocenters. The first-order valence-corrected chi connectivity index (χ1v) is 8.28. The number of nitrogens with one attached hydrogen (secondary N) is 2. The van der Waals surface area contributed by atoms with E-state index in [1.807, 2.05) is 18.2 Å². The Morgan fingerprint density at radius 3 is 2.68 bits per heavy atom. The highest BCUT2D eigenvalue weighted by atomic mass is 16.5. The van der Waals surface area contributed by atoms with Crippen LogP contribution in [-0.2, 0) is 4.74 Å². The van der Waals surface area contributed by atoms with Gasteiger partial charge in [0.2, 0.25) is 0 Å². The van der Waals surface area contributed by atoms with Crippen molar-refractivity contribution in [3.8, 4) is 0 Å². The van der Waals surface area contributed by atoms with E-state index in [0.29, 0.717) is 12.5 Å². The Balaban J connectivity index is 1.81. The maximum atomic E-state index is 12.1. The molecule has 1 aromatic carbocycles. The van der Waals surface area contributed by atoms with Gasteiger partial charge < -0.3 is 15.4 Å². The van der Waals surface area contributed by atoms with E-state index in [0.717, 1.165) is 19.3 Å². The van der Waals surface area contributed by atoms with E-state index < -0.39 is 0 Å². The molecule has 122 valence electrons. The second-order valence-electron chi connectivity index (χ2n) is 6.64. The molecule has 1 aliphatic heterocycles. The number of carbonyl (C=O) groups excluding carboxylic acids is 1. The van der Waals surface area contributed by atoms with Gasteiger partial charge in [0.25, 0.3) is 0 Å². The summed E-state index contributed by atoms with van der Waals surface area (Å²) in [5.41, 5.74) is 1.18. The van der Waals surface area contributed by atoms with Crippen molar-refractivity contribution < 1.29 is 9.53 Å². The van der Waals surface area contributed by atoms with Crippen LogP contribution in [0, 0.1) is 5.92 Å². The molecule has 2 rings (SSSR count). The van der Waals surface area contributed by atoms with Gasteiger partial charge in [-0.25, -0.2) is 4.79 Å². The molecule has 1 saturated heterocycles. The summed E-state index contributed by atoms with van der Waals surface area (Å²) >= 11 is 0. The van der Waals surface area contributed by atoms with Crippen molar-refractivity contribution in [3.63, 3.8) is 0 Å². The molecule has 4 heteroatoms. The second kappa shape index (κ2) is 8.18. The molecule has 0 spiro atoms. The van der Waals surface area contributed by atoms with Crippen LogP contribution in [-0.4, -0.2) is 24.7 Å². The van der Waals surface area contributed by atoms with E-state index in [1.165, 1.54) is 5.56 Å². The number of hydrogen-bond donors (Lipinski definition) is 2. The number of carbonyl (C=O) groups is 1. The summed E-state index contributed by atoms with van der Waals surface area (Å²) in [5.74, 6) is 0.584. The smallest absolute Gasteiger partial charge is 0.315 e. The topological polar surface area (TPSA) is 50.4 Å². The number of rotatable bonds is 5. The fourth-order valence-corrected chi connectivity index (χ4v) is 3.04. The Morgan fingerprint density at radius 2 is 2.00 bits per heavy atom. The molecule has 0 saturated carbocycles. The number of hydrogen-bond acceptors (Lipinski definition) is 2. The Bertz CT molecular complexity index is 461. The number of ether oxygens (including phenoxy) is 1. The van der Waals surface area contributed by atoms with E-state index in [9.17, 15) is 4.79 Å². The van der Waals surface area contributed by atoms with Crippen LogP contribution in [0.25, 0.3) is 0 Å². The number of benzene rings is 1. The lowest BCUT2D eigenvalue weighted by Gasteiger charge is -2.31. The van der Waals surface area contributed by atoms with Gasteiger partial charge in [-0.3, -0.25) is 0 Å². The zero-order valence-corrected chi connectivity index (χ0v) is 13.8. The van der Waals surface area contributed by atoms with Crippen LogP contribution in [0.1, 0.15) is 51.7 Å². The molecule has 1 aromatic rings. The standard InChI is InChI=1S/C18H28N2O2/c1-13(2)11-14(3)19-18(21)20-16-9-10-22-17(12-16)15-7-5-4-6-8-15/h4-8,13-14,16-17H,9-12H2,1-3H3,(H2,19,20,21)/t14-,16-,17+/m0/s1. The molecule has 0 bridgehead atoms.